The van der Waals surface area contributed by atoms with Crippen molar-refractivity contribution in [1.82, 2.24) is 9.78 Å². The molecule has 3 aromatic carbocycles. The second kappa shape index (κ2) is 7.60. The fourth-order valence-corrected chi connectivity index (χ4v) is 3.04. The minimum absolute atomic E-state index is 0.323. The molecule has 0 radical (unpaired) electrons. The largest absolute Gasteiger partial charge is 0.490 e. The molecule has 0 spiro atoms. The molecule has 1 heterocycles. The lowest BCUT2D eigenvalue weighted by molar-refractivity contribution is -0.0289. The van der Waals surface area contributed by atoms with Gasteiger partial charge in [0.25, 0.3) is 0 Å². The molecule has 0 aliphatic rings. The van der Waals surface area contributed by atoms with Crippen LogP contribution in [0.4, 0.5) is 13.2 Å². The summed E-state index contributed by atoms with van der Waals surface area (Å²) in [4.78, 5) is 0. The highest BCUT2D eigenvalue weighted by Gasteiger charge is 2.31. The van der Waals surface area contributed by atoms with E-state index in [-0.39, 0.29) is 12.4 Å². The van der Waals surface area contributed by atoms with E-state index in [0.29, 0.717) is 22.4 Å². The third-order valence-corrected chi connectivity index (χ3v) is 4.69. The third kappa shape index (κ3) is 3.82. The first-order valence-electron chi connectivity index (χ1n) is 8.89. The van der Waals surface area contributed by atoms with Gasteiger partial charge in [0.2, 0.25) is 0 Å². The van der Waals surface area contributed by atoms with Crippen LogP contribution in [0, 0.1) is 11.6 Å². The van der Waals surface area contributed by atoms with E-state index in [2.05, 4.69) is 5.10 Å². The molecule has 0 aliphatic heterocycles. The highest BCUT2D eigenvalue weighted by Crippen LogP contribution is 2.28. The van der Waals surface area contributed by atoms with Gasteiger partial charge in [-0.25, -0.2) is 17.9 Å². The lowest BCUT2D eigenvalue weighted by atomic mass is 9.95. The monoisotopic (exact) mass is 398 g/mol. The number of fused-ring (bicyclic) bond motifs is 1. The van der Waals surface area contributed by atoms with Gasteiger partial charge in [-0.2, -0.15) is 5.10 Å². The van der Waals surface area contributed by atoms with Crippen LogP contribution in [0.15, 0.2) is 72.9 Å². The number of hydrogen-bond donors (Lipinski definition) is 1. The summed E-state index contributed by atoms with van der Waals surface area (Å²) >= 11 is 0. The fraction of sp³-hybridized carbons (Fsp3) is 0.136. The number of nitrogens with zero attached hydrogens (tertiary/aromatic N) is 2. The Morgan fingerprint density at radius 1 is 0.931 bits per heavy atom. The van der Waals surface area contributed by atoms with E-state index < -0.39 is 18.1 Å². The summed E-state index contributed by atoms with van der Waals surface area (Å²) < 4.78 is 47.0. The molecule has 4 rings (SSSR count). The van der Waals surface area contributed by atoms with E-state index in [1.54, 1.807) is 41.2 Å². The lowest BCUT2D eigenvalue weighted by Gasteiger charge is -2.25. The fourth-order valence-electron chi connectivity index (χ4n) is 3.04. The summed E-state index contributed by atoms with van der Waals surface area (Å²) in [7, 11) is 0. The topological polar surface area (TPSA) is 47.3 Å². The summed E-state index contributed by atoms with van der Waals surface area (Å²) in [6, 6.07) is 16.1. The average molecular weight is 398 g/mol. The molecule has 1 N–H and O–H groups in total. The van der Waals surface area contributed by atoms with Crippen LogP contribution in [0.3, 0.4) is 0 Å². The molecular formula is C22H17F3N2O2. The van der Waals surface area contributed by atoms with Gasteiger partial charge in [-0.3, -0.25) is 0 Å². The van der Waals surface area contributed by atoms with Gasteiger partial charge >= 0.3 is 0 Å². The highest BCUT2D eigenvalue weighted by atomic mass is 19.1. The molecule has 1 unspecified atom stereocenters. The molecule has 0 aliphatic carbocycles. The second-order valence-corrected chi connectivity index (χ2v) is 6.71. The van der Waals surface area contributed by atoms with Crippen molar-refractivity contribution in [2.75, 3.05) is 13.3 Å². The van der Waals surface area contributed by atoms with Gasteiger partial charge in [0.15, 0.2) is 5.60 Å². The Morgan fingerprint density at radius 3 is 2.24 bits per heavy atom. The Kier molecular flexibility index (Phi) is 4.98. The highest BCUT2D eigenvalue weighted by molar-refractivity contribution is 5.81. The zero-order chi connectivity index (χ0) is 20.4. The molecule has 4 aromatic rings. The predicted octanol–water partition coefficient (Wildman–Crippen LogP) is 4.54. The van der Waals surface area contributed by atoms with Gasteiger partial charge in [-0.15, -0.1) is 0 Å². The molecule has 1 atom stereocenters. The Labute approximate surface area is 164 Å². The van der Waals surface area contributed by atoms with Crippen LogP contribution < -0.4 is 4.74 Å². The van der Waals surface area contributed by atoms with Crippen molar-refractivity contribution < 1.29 is 23.0 Å². The first-order valence-corrected chi connectivity index (χ1v) is 8.89. The molecule has 4 nitrogen and oxygen atoms in total. The Balaban J connectivity index is 1.61. The summed E-state index contributed by atoms with van der Waals surface area (Å²) in [6.45, 7) is -1.40. The van der Waals surface area contributed by atoms with Crippen molar-refractivity contribution in [3.8, 4) is 11.4 Å². The molecule has 0 bridgehead atoms. The van der Waals surface area contributed by atoms with Crippen LogP contribution in [-0.2, 0) is 5.60 Å². The van der Waals surface area contributed by atoms with Crippen LogP contribution in [-0.4, -0.2) is 28.2 Å². The van der Waals surface area contributed by atoms with E-state index >= 15 is 0 Å². The number of aromatic nitrogens is 2. The minimum atomic E-state index is -1.87. The minimum Gasteiger partial charge on any atom is -0.490 e. The van der Waals surface area contributed by atoms with Crippen molar-refractivity contribution in [2.24, 2.45) is 0 Å². The maximum atomic E-state index is 13.8. The van der Waals surface area contributed by atoms with Crippen LogP contribution in [0.1, 0.15) is 5.56 Å². The third-order valence-electron chi connectivity index (χ3n) is 4.69. The molecule has 0 fully saturated rings. The SMILES string of the molecule is OC(CF)(COc1ccc(F)cc1)c1ccc2c(cnn2-c2ccc(F)cc2)c1. The van der Waals surface area contributed by atoms with Gasteiger partial charge in [0, 0.05) is 5.39 Å². The second-order valence-electron chi connectivity index (χ2n) is 6.71. The van der Waals surface area contributed by atoms with Gasteiger partial charge in [-0.1, -0.05) is 6.07 Å². The number of hydrogen-bond acceptors (Lipinski definition) is 3. The zero-order valence-electron chi connectivity index (χ0n) is 15.2. The van der Waals surface area contributed by atoms with Crippen LogP contribution in [0.5, 0.6) is 5.75 Å². The van der Waals surface area contributed by atoms with Crippen LogP contribution >= 0.6 is 0 Å². The maximum Gasteiger partial charge on any atom is 0.152 e. The lowest BCUT2D eigenvalue weighted by Crippen LogP contribution is -2.35. The smallest absolute Gasteiger partial charge is 0.152 e. The number of benzene rings is 3. The summed E-state index contributed by atoms with van der Waals surface area (Å²) in [6.07, 6.45) is 1.58. The molecular weight excluding hydrogens is 381 g/mol. The number of halogens is 3. The molecule has 7 heteroatoms. The number of alkyl halides is 1. The van der Waals surface area contributed by atoms with Gasteiger partial charge in [-0.05, 0) is 66.2 Å². The van der Waals surface area contributed by atoms with Crippen LogP contribution in [0.2, 0.25) is 0 Å². The van der Waals surface area contributed by atoms with E-state index in [9.17, 15) is 18.3 Å². The summed E-state index contributed by atoms with van der Waals surface area (Å²) in [5, 5.41) is 15.8. The standard InChI is InChI=1S/C22H17F3N2O2/c23-13-22(28,14-29-20-8-4-18(25)5-9-20)16-1-10-21-15(11-16)12-26-27(21)19-6-2-17(24)3-7-19/h1-12,28H,13-14H2. The maximum absolute atomic E-state index is 13.8. The molecule has 148 valence electrons. The van der Waals surface area contributed by atoms with E-state index in [4.69, 9.17) is 4.74 Å². The average Bonchev–Trinajstić information content (AvgIpc) is 3.17. The molecule has 0 amide bonds. The first kappa shape index (κ1) is 19.0. The molecule has 29 heavy (non-hydrogen) atoms. The van der Waals surface area contributed by atoms with Crippen molar-refractivity contribution in [3.05, 3.63) is 90.1 Å². The first-order chi connectivity index (χ1) is 14.0. The Hall–Kier alpha value is -3.32. The van der Waals surface area contributed by atoms with Crippen molar-refractivity contribution in [1.29, 1.82) is 0 Å². The van der Waals surface area contributed by atoms with Crippen molar-refractivity contribution >= 4 is 10.9 Å². The van der Waals surface area contributed by atoms with E-state index in [1.807, 2.05) is 0 Å². The Bertz CT molecular complexity index is 1130. The summed E-state index contributed by atoms with van der Waals surface area (Å²) in [5.74, 6) is -0.438. The molecule has 0 saturated heterocycles. The van der Waals surface area contributed by atoms with Gasteiger partial charge in [0.05, 0.1) is 17.4 Å². The number of aliphatic hydroxyl groups is 1. The van der Waals surface area contributed by atoms with E-state index in [0.717, 1.165) is 5.52 Å². The van der Waals surface area contributed by atoms with Crippen LogP contribution in [0.25, 0.3) is 16.6 Å². The van der Waals surface area contributed by atoms with Crippen molar-refractivity contribution in [2.45, 2.75) is 5.60 Å². The normalized spacial score (nSPS) is 13.4. The number of rotatable bonds is 6. The quantitative estimate of drug-likeness (QED) is 0.519. The number of ether oxygens (including phenoxy) is 1. The molecule has 1 aromatic heterocycles. The predicted molar refractivity (Wildman–Crippen MR) is 103 cm³/mol. The molecule has 0 saturated carbocycles. The van der Waals surface area contributed by atoms with E-state index in [1.165, 1.54) is 36.4 Å². The summed E-state index contributed by atoms with van der Waals surface area (Å²) in [5.41, 5.74) is -0.149. The van der Waals surface area contributed by atoms with Crippen molar-refractivity contribution in [3.63, 3.8) is 0 Å². The van der Waals surface area contributed by atoms with Gasteiger partial charge < -0.3 is 9.84 Å². The van der Waals surface area contributed by atoms with Gasteiger partial charge in [0.1, 0.15) is 30.7 Å². The Morgan fingerprint density at radius 2 is 1.59 bits per heavy atom. The zero-order valence-corrected chi connectivity index (χ0v) is 15.2.